The van der Waals surface area contributed by atoms with Gasteiger partial charge in [-0.2, -0.15) is 4.98 Å². The number of aromatic nitrogens is 4. The Hall–Kier alpha value is -4.15. The number of aromatic amines is 1. The highest BCUT2D eigenvalue weighted by atomic mass is 16.5. The summed E-state index contributed by atoms with van der Waals surface area (Å²) < 4.78 is 15.1. The van der Waals surface area contributed by atoms with Crippen molar-refractivity contribution in [3.8, 4) is 5.75 Å². The second-order valence-electron chi connectivity index (χ2n) is 6.79. The zero-order chi connectivity index (χ0) is 21.8. The average Bonchev–Trinajstić information content (AvgIpc) is 3.48. The first-order valence-electron chi connectivity index (χ1n) is 9.50. The van der Waals surface area contributed by atoms with Crippen LogP contribution in [0.4, 0.5) is 5.82 Å². The van der Waals surface area contributed by atoms with Crippen LogP contribution in [0.3, 0.4) is 0 Å². The number of amides is 2. The molecule has 11 nitrogen and oxygen atoms in total. The monoisotopic (exact) mass is 424 g/mol. The van der Waals surface area contributed by atoms with Gasteiger partial charge in [-0.25, -0.2) is 0 Å². The van der Waals surface area contributed by atoms with Gasteiger partial charge in [-0.05, 0) is 37.1 Å². The summed E-state index contributed by atoms with van der Waals surface area (Å²) in [6.45, 7) is 2.08. The summed E-state index contributed by atoms with van der Waals surface area (Å²) in [5.41, 5.74) is 2.03. The lowest BCUT2D eigenvalue weighted by Crippen LogP contribution is -2.26. The van der Waals surface area contributed by atoms with Gasteiger partial charge in [-0.15, -0.1) is 0 Å². The lowest BCUT2D eigenvalue weighted by molar-refractivity contribution is -0.115. The molecule has 0 radical (unpaired) electrons. The third kappa shape index (κ3) is 4.71. The smallest absolute Gasteiger partial charge is 0.315 e. The molecule has 1 aromatic carbocycles. The molecule has 0 fully saturated rings. The highest BCUT2D eigenvalue weighted by Crippen LogP contribution is 2.23. The molecule has 0 spiro atoms. The number of hydrogen-bond acceptors (Lipinski definition) is 8. The maximum atomic E-state index is 12.3. The zero-order valence-electron chi connectivity index (χ0n) is 16.9. The first-order valence-corrected chi connectivity index (χ1v) is 9.50. The molecule has 0 aliphatic heterocycles. The summed E-state index contributed by atoms with van der Waals surface area (Å²) in [6.07, 6.45) is 2.33. The number of methoxy groups -OCH3 is 1. The zero-order valence-corrected chi connectivity index (χ0v) is 16.9. The molecule has 0 bridgehead atoms. The van der Waals surface area contributed by atoms with E-state index in [0.717, 1.165) is 22.2 Å². The predicted octanol–water partition coefficient (Wildman–Crippen LogP) is 2.01. The van der Waals surface area contributed by atoms with Gasteiger partial charge in [0, 0.05) is 29.7 Å². The van der Waals surface area contributed by atoms with E-state index in [2.05, 4.69) is 30.9 Å². The summed E-state index contributed by atoms with van der Waals surface area (Å²) in [6, 6.07) is 7.34. The SMILES string of the molecule is COc1ccc2[nH]cc(CCNC(=O)c3nc(CC(=O)Nc4cc(C)on4)no3)c2c1. The number of nitrogens with one attached hydrogen (secondary N) is 3. The van der Waals surface area contributed by atoms with Gasteiger partial charge in [0.05, 0.1) is 13.5 Å². The molecule has 0 aliphatic carbocycles. The minimum atomic E-state index is -0.510. The Labute approximate surface area is 176 Å². The van der Waals surface area contributed by atoms with Crippen LogP contribution < -0.4 is 15.4 Å². The average molecular weight is 424 g/mol. The molecule has 0 saturated carbocycles. The quantitative estimate of drug-likeness (QED) is 0.389. The Morgan fingerprint density at radius 1 is 1.19 bits per heavy atom. The van der Waals surface area contributed by atoms with Crippen LogP contribution >= 0.6 is 0 Å². The van der Waals surface area contributed by atoms with Crippen LogP contribution in [0, 0.1) is 6.92 Å². The van der Waals surface area contributed by atoms with Crippen LogP contribution in [-0.4, -0.2) is 45.8 Å². The molecule has 3 aromatic heterocycles. The summed E-state index contributed by atoms with van der Waals surface area (Å²) in [7, 11) is 1.62. The molecule has 31 heavy (non-hydrogen) atoms. The van der Waals surface area contributed by atoms with Gasteiger partial charge in [0.1, 0.15) is 11.5 Å². The number of carbonyl (C=O) groups excluding carboxylic acids is 2. The molecule has 0 aliphatic rings. The number of fused-ring (bicyclic) bond motifs is 1. The molecule has 4 aromatic rings. The van der Waals surface area contributed by atoms with Crippen LogP contribution in [-0.2, 0) is 17.6 Å². The van der Waals surface area contributed by atoms with Gasteiger partial charge < -0.3 is 29.4 Å². The van der Waals surface area contributed by atoms with Gasteiger partial charge in [-0.1, -0.05) is 10.3 Å². The highest BCUT2D eigenvalue weighted by molar-refractivity contribution is 5.92. The Balaban J connectivity index is 1.29. The Morgan fingerprint density at radius 2 is 2.06 bits per heavy atom. The van der Waals surface area contributed by atoms with E-state index in [0.29, 0.717) is 24.5 Å². The van der Waals surface area contributed by atoms with E-state index >= 15 is 0 Å². The Morgan fingerprint density at radius 3 is 2.84 bits per heavy atom. The van der Waals surface area contributed by atoms with Crippen molar-refractivity contribution in [2.24, 2.45) is 0 Å². The molecule has 3 heterocycles. The fraction of sp³-hybridized carbons (Fsp3) is 0.250. The molecule has 11 heteroatoms. The van der Waals surface area contributed by atoms with Crippen LogP contribution in [0.1, 0.15) is 27.8 Å². The van der Waals surface area contributed by atoms with Crippen LogP contribution in [0.15, 0.2) is 39.5 Å². The van der Waals surface area contributed by atoms with E-state index in [1.165, 1.54) is 0 Å². The number of ether oxygens (including phenoxy) is 1. The molecule has 0 atom stereocenters. The third-order valence-corrected chi connectivity index (χ3v) is 4.53. The molecule has 4 rings (SSSR count). The Bertz CT molecular complexity index is 1220. The van der Waals surface area contributed by atoms with Gasteiger partial charge >= 0.3 is 11.8 Å². The van der Waals surface area contributed by atoms with Crippen molar-refractivity contribution in [3.63, 3.8) is 0 Å². The van der Waals surface area contributed by atoms with E-state index in [1.807, 2.05) is 24.4 Å². The summed E-state index contributed by atoms with van der Waals surface area (Å²) in [5.74, 6) is 0.588. The van der Waals surface area contributed by atoms with Gasteiger partial charge in [0.2, 0.25) is 5.91 Å². The fourth-order valence-corrected chi connectivity index (χ4v) is 3.05. The molecule has 2 amide bonds. The second-order valence-corrected chi connectivity index (χ2v) is 6.79. The van der Waals surface area contributed by atoms with E-state index in [9.17, 15) is 9.59 Å². The standard InChI is InChI=1S/C20H20N6O5/c1-11-7-16(25-30-11)23-18(27)9-17-24-20(31-26-17)19(28)21-6-5-12-10-22-15-4-3-13(29-2)8-14(12)15/h3-4,7-8,10,22H,5-6,9H2,1-2H3,(H,21,28)(H,23,25,27). The van der Waals surface area contributed by atoms with E-state index in [4.69, 9.17) is 13.8 Å². The van der Waals surface area contributed by atoms with Crippen molar-refractivity contribution in [2.45, 2.75) is 19.8 Å². The Kier molecular flexibility index (Phi) is 5.65. The first kappa shape index (κ1) is 20.1. The lowest BCUT2D eigenvalue weighted by Gasteiger charge is -2.03. The number of benzene rings is 1. The summed E-state index contributed by atoms with van der Waals surface area (Å²) >= 11 is 0. The largest absolute Gasteiger partial charge is 0.497 e. The van der Waals surface area contributed by atoms with Crippen molar-refractivity contribution < 1.29 is 23.4 Å². The van der Waals surface area contributed by atoms with Crippen LogP contribution in [0.25, 0.3) is 10.9 Å². The molecule has 160 valence electrons. The number of hydrogen-bond donors (Lipinski definition) is 3. The van der Waals surface area contributed by atoms with Gasteiger partial charge in [0.15, 0.2) is 11.6 Å². The molecular formula is C20H20N6O5. The summed E-state index contributed by atoms with van der Waals surface area (Å²) in [5, 5.41) is 13.7. The predicted molar refractivity (Wildman–Crippen MR) is 109 cm³/mol. The number of anilines is 1. The molecule has 0 saturated heterocycles. The van der Waals surface area contributed by atoms with Crippen molar-refractivity contribution in [1.29, 1.82) is 0 Å². The van der Waals surface area contributed by atoms with E-state index in [1.54, 1.807) is 20.1 Å². The van der Waals surface area contributed by atoms with Gasteiger partial charge in [-0.3, -0.25) is 9.59 Å². The van der Waals surface area contributed by atoms with E-state index < -0.39 is 11.8 Å². The third-order valence-electron chi connectivity index (χ3n) is 4.53. The number of rotatable bonds is 8. The van der Waals surface area contributed by atoms with Crippen molar-refractivity contribution in [2.75, 3.05) is 19.0 Å². The summed E-state index contributed by atoms with van der Waals surface area (Å²) in [4.78, 5) is 31.4. The van der Waals surface area contributed by atoms with Gasteiger partial charge in [0.25, 0.3) is 0 Å². The fourth-order valence-electron chi connectivity index (χ4n) is 3.05. The highest BCUT2D eigenvalue weighted by Gasteiger charge is 2.17. The molecule has 0 unspecified atom stereocenters. The van der Waals surface area contributed by atoms with Crippen molar-refractivity contribution in [3.05, 3.63) is 53.5 Å². The van der Waals surface area contributed by atoms with Crippen molar-refractivity contribution in [1.82, 2.24) is 25.6 Å². The van der Waals surface area contributed by atoms with E-state index in [-0.39, 0.29) is 18.1 Å². The number of aryl methyl sites for hydroxylation is 1. The number of H-pyrrole nitrogens is 1. The van der Waals surface area contributed by atoms with Crippen LogP contribution in [0.2, 0.25) is 0 Å². The maximum Gasteiger partial charge on any atom is 0.315 e. The number of nitrogens with zero attached hydrogens (tertiary/aromatic N) is 3. The van der Waals surface area contributed by atoms with Crippen LogP contribution in [0.5, 0.6) is 5.75 Å². The maximum absolute atomic E-state index is 12.3. The van der Waals surface area contributed by atoms with Crippen molar-refractivity contribution >= 4 is 28.5 Å². The second kappa shape index (κ2) is 8.69. The first-order chi connectivity index (χ1) is 15.0. The molecule has 3 N–H and O–H groups in total. The molecular weight excluding hydrogens is 404 g/mol. The minimum absolute atomic E-state index is 0.0894. The number of carbonyl (C=O) groups is 2. The normalized spacial score (nSPS) is 10.9. The topological polar surface area (TPSA) is 148 Å². The minimum Gasteiger partial charge on any atom is -0.497 e. The lowest BCUT2D eigenvalue weighted by atomic mass is 10.1.